The smallest absolute Gasteiger partial charge is 0.270 e. The quantitative estimate of drug-likeness (QED) is 0.628. The molecule has 6 nitrogen and oxygen atoms in total. The van der Waals surface area contributed by atoms with E-state index in [1.165, 1.54) is 18.2 Å². The molecule has 24 heavy (non-hydrogen) atoms. The summed E-state index contributed by atoms with van der Waals surface area (Å²) in [4.78, 5) is 22.6. The van der Waals surface area contributed by atoms with Crippen LogP contribution in [0.5, 0.6) is 5.75 Å². The fourth-order valence-corrected chi connectivity index (χ4v) is 2.56. The van der Waals surface area contributed by atoms with Crippen molar-refractivity contribution in [2.75, 3.05) is 7.11 Å². The topological polar surface area (TPSA) is 81.5 Å². The third-order valence-corrected chi connectivity index (χ3v) is 3.95. The Bertz CT molecular complexity index is 747. The van der Waals surface area contributed by atoms with Gasteiger partial charge >= 0.3 is 0 Å². The van der Waals surface area contributed by atoms with Crippen LogP contribution < -0.4 is 10.1 Å². The Morgan fingerprint density at radius 3 is 2.46 bits per heavy atom. The van der Waals surface area contributed by atoms with E-state index >= 15 is 0 Å². The van der Waals surface area contributed by atoms with Gasteiger partial charge in [0, 0.05) is 12.1 Å². The first-order chi connectivity index (χ1) is 11.5. The van der Waals surface area contributed by atoms with Crippen LogP contribution >= 0.6 is 11.6 Å². The Morgan fingerprint density at radius 1 is 1.29 bits per heavy atom. The van der Waals surface area contributed by atoms with Crippen LogP contribution in [0.25, 0.3) is 0 Å². The highest BCUT2D eigenvalue weighted by molar-refractivity contribution is 6.34. The predicted octanol–water partition coefficient (Wildman–Crippen LogP) is 4.14. The van der Waals surface area contributed by atoms with Gasteiger partial charge in [-0.25, -0.2) is 0 Å². The predicted molar refractivity (Wildman–Crippen MR) is 91.6 cm³/mol. The maximum atomic E-state index is 12.4. The number of nitro groups is 1. The van der Waals surface area contributed by atoms with Crippen LogP contribution in [-0.4, -0.2) is 17.9 Å². The molecule has 0 heterocycles. The molecule has 0 saturated heterocycles. The van der Waals surface area contributed by atoms with Crippen LogP contribution in [0.3, 0.4) is 0 Å². The molecule has 0 aliphatic heterocycles. The van der Waals surface area contributed by atoms with Crippen molar-refractivity contribution in [1.82, 2.24) is 5.32 Å². The van der Waals surface area contributed by atoms with E-state index in [0.717, 1.165) is 11.3 Å². The van der Waals surface area contributed by atoms with Crippen molar-refractivity contribution in [3.05, 3.63) is 68.7 Å². The highest BCUT2D eigenvalue weighted by atomic mass is 35.5. The summed E-state index contributed by atoms with van der Waals surface area (Å²) in [6, 6.07) is 11.0. The number of rotatable bonds is 6. The number of methoxy groups -OCH3 is 1. The number of hydrogen-bond donors (Lipinski definition) is 1. The number of halogens is 1. The van der Waals surface area contributed by atoms with E-state index in [9.17, 15) is 14.9 Å². The first-order valence-corrected chi connectivity index (χ1v) is 7.72. The van der Waals surface area contributed by atoms with E-state index < -0.39 is 4.92 Å². The molecule has 0 unspecified atom stereocenters. The molecule has 2 rings (SSSR count). The number of nitrogens with one attached hydrogen (secondary N) is 1. The van der Waals surface area contributed by atoms with Gasteiger partial charge in [-0.1, -0.05) is 30.7 Å². The minimum Gasteiger partial charge on any atom is -0.497 e. The van der Waals surface area contributed by atoms with Crippen LogP contribution in [0, 0.1) is 10.1 Å². The van der Waals surface area contributed by atoms with Crippen molar-refractivity contribution in [3.63, 3.8) is 0 Å². The molecular weight excluding hydrogens is 332 g/mol. The first-order valence-electron chi connectivity index (χ1n) is 7.35. The Balaban J connectivity index is 2.18. The standard InChI is InChI=1S/C17H17ClN2O4/c1-3-16(11-4-7-13(24-2)8-5-11)19-17(21)14-9-6-12(20(22)23)10-15(14)18/h4-10,16H,3H2,1-2H3,(H,19,21)/t16-/m0/s1. The second-order valence-electron chi connectivity index (χ2n) is 5.13. The van der Waals surface area contributed by atoms with E-state index in [4.69, 9.17) is 16.3 Å². The molecule has 2 aromatic carbocycles. The van der Waals surface area contributed by atoms with Gasteiger partial charge in [-0.15, -0.1) is 0 Å². The molecule has 0 aliphatic carbocycles. The van der Waals surface area contributed by atoms with Crippen molar-refractivity contribution < 1.29 is 14.5 Å². The summed E-state index contributed by atoms with van der Waals surface area (Å²) in [6.45, 7) is 1.95. The zero-order valence-corrected chi connectivity index (χ0v) is 14.0. The van der Waals surface area contributed by atoms with Crippen LogP contribution in [0.4, 0.5) is 5.69 Å². The minimum absolute atomic E-state index is 0.0475. The van der Waals surface area contributed by atoms with Crippen molar-refractivity contribution in [1.29, 1.82) is 0 Å². The second-order valence-corrected chi connectivity index (χ2v) is 5.54. The van der Waals surface area contributed by atoms with Crippen LogP contribution in [0.15, 0.2) is 42.5 Å². The Kier molecular flexibility index (Phi) is 5.76. The van der Waals surface area contributed by atoms with Gasteiger partial charge in [-0.05, 0) is 30.2 Å². The van der Waals surface area contributed by atoms with E-state index in [-0.39, 0.29) is 28.2 Å². The van der Waals surface area contributed by atoms with Gasteiger partial charge in [0.15, 0.2) is 0 Å². The van der Waals surface area contributed by atoms with Crippen molar-refractivity contribution >= 4 is 23.2 Å². The fourth-order valence-electron chi connectivity index (χ4n) is 2.30. The summed E-state index contributed by atoms with van der Waals surface area (Å²) in [6.07, 6.45) is 0.683. The van der Waals surface area contributed by atoms with Gasteiger partial charge in [0.2, 0.25) is 0 Å². The SMILES string of the molecule is CC[C@H](NC(=O)c1ccc([N+](=O)[O-])cc1Cl)c1ccc(OC)cc1. The third-order valence-electron chi connectivity index (χ3n) is 3.64. The zero-order valence-electron chi connectivity index (χ0n) is 13.3. The summed E-state index contributed by atoms with van der Waals surface area (Å²) in [5, 5.41) is 13.7. The molecule has 0 spiro atoms. The average Bonchev–Trinajstić information content (AvgIpc) is 2.59. The molecule has 1 amide bonds. The van der Waals surface area contributed by atoms with Crippen molar-refractivity contribution in [2.45, 2.75) is 19.4 Å². The molecule has 0 fully saturated rings. The number of carbonyl (C=O) groups is 1. The van der Waals surface area contributed by atoms with E-state index in [0.29, 0.717) is 6.42 Å². The van der Waals surface area contributed by atoms with Gasteiger partial charge in [0.05, 0.1) is 28.7 Å². The Hall–Kier alpha value is -2.60. The van der Waals surface area contributed by atoms with Crippen LogP contribution in [-0.2, 0) is 0 Å². The third kappa shape index (κ3) is 4.02. The summed E-state index contributed by atoms with van der Waals surface area (Å²) in [7, 11) is 1.59. The molecule has 1 N–H and O–H groups in total. The number of hydrogen-bond acceptors (Lipinski definition) is 4. The first kappa shape index (κ1) is 17.7. The number of non-ortho nitro benzene ring substituents is 1. The maximum Gasteiger partial charge on any atom is 0.270 e. The Morgan fingerprint density at radius 2 is 1.96 bits per heavy atom. The maximum absolute atomic E-state index is 12.4. The number of benzene rings is 2. The lowest BCUT2D eigenvalue weighted by atomic mass is 10.0. The van der Waals surface area contributed by atoms with Gasteiger partial charge in [0.25, 0.3) is 11.6 Å². The summed E-state index contributed by atoms with van der Waals surface area (Å²) >= 11 is 6.00. The monoisotopic (exact) mass is 348 g/mol. The van der Waals surface area contributed by atoms with Crippen molar-refractivity contribution in [2.24, 2.45) is 0 Å². The molecule has 126 valence electrons. The number of ether oxygens (including phenoxy) is 1. The summed E-state index contributed by atoms with van der Waals surface area (Å²) < 4.78 is 5.12. The zero-order chi connectivity index (χ0) is 17.7. The van der Waals surface area contributed by atoms with Gasteiger partial charge < -0.3 is 10.1 Å². The highest BCUT2D eigenvalue weighted by Crippen LogP contribution is 2.25. The van der Waals surface area contributed by atoms with Gasteiger partial charge in [-0.2, -0.15) is 0 Å². The molecule has 2 aromatic rings. The van der Waals surface area contributed by atoms with Gasteiger partial charge in [0.1, 0.15) is 5.75 Å². The second kappa shape index (κ2) is 7.79. The van der Waals surface area contributed by atoms with E-state index in [2.05, 4.69) is 5.32 Å². The Labute approximate surface area is 144 Å². The lowest BCUT2D eigenvalue weighted by Crippen LogP contribution is -2.28. The van der Waals surface area contributed by atoms with Crippen LogP contribution in [0.2, 0.25) is 5.02 Å². The molecule has 1 atom stereocenters. The van der Waals surface area contributed by atoms with E-state index in [1.807, 2.05) is 31.2 Å². The highest BCUT2D eigenvalue weighted by Gasteiger charge is 2.18. The molecule has 0 radical (unpaired) electrons. The van der Waals surface area contributed by atoms with Gasteiger partial charge in [-0.3, -0.25) is 14.9 Å². The average molecular weight is 349 g/mol. The number of carbonyl (C=O) groups excluding carboxylic acids is 1. The lowest BCUT2D eigenvalue weighted by molar-refractivity contribution is -0.384. The minimum atomic E-state index is -0.556. The largest absolute Gasteiger partial charge is 0.497 e. The number of nitro benzene ring substituents is 1. The molecular formula is C17H17ClN2O4. The molecule has 0 aliphatic rings. The van der Waals surface area contributed by atoms with E-state index in [1.54, 1.807) is 7.11 Å². The number of nitrogens with zero attached hydrogens (tertiary/aromatic N) is 1. The summed E-state index contributed by atoms with van der Waals surface area (Å²) in [5.41, 5.74) is 0.984. The lowest BCUT2D eigenvalue weighted by Gasteiger charge is -2.18. The molecule has 7 heteroatoms. The fraction of sp³-hybridized carbons (Fsp3) is 0.235. The van der Waals surface area contributed by atoms with Crippen molar-refractivity contribution in [3.8, 4) is 5.75 Å². The molecule has 0 saturated carbocycles. The molecule has 0 aromatic heterocycles. The normalized spacial score (nSPS) is 11.6. The summed E-state index contributed by atoms with van der Waals surface area (Å²) in [5.74, 6) is 0.357. The molecule has 0 bridgehead atoms. The van der Waals surface area contributed by atoms with Crippen LogP contribution in [0.1, 0.15) is 35.3 Å². The number of amides is 1.